The Morgan fingerprint density at radius 1 is 1.18 bits per heavy atom. The lowest BCUT2D eigenvalue weighted by molar-refractivity contribution is 0.315. The van der Waals surface area contributed by atoms with Gasteiger partial charge in [-0.3, -0.25) is 0 Å². The highest BCUT2D eigenvalue weighted by Gasteiger charge is 2.23. The van der Waals surface area contributed by atoms with Crippen molar-refractivity contribution in [3.63, 3.8) is 0 Å². The Kier molecular flexibility index (Phi) is 6.77. The van der Waals surface area contributed by atoms with Crippen LogP contribution in [-0.4, -0.2) is 8.07 Å². The van der Waals surface area contributed by atoms with Crippen molar-refractivity contribution >= 4 is 25.8 Å². The first-order valence-corrected chi connectivity index (χ1v) is 12.9. The van der Waals surface area contributed by atoms with Crippen LogP contribution < -0.4 is 0 Å². The maximum Gasteiger partial charge on any atom is 0.0448 e. The molecule has 0 amide bonds. The van der Waals surface area contributed by atoms with Gasteiger partial charge in [-0.1, -0.05) is 93.7 Å². The maximum absolute atomic E-state index is 6.10. The molecular weight excluding hydrogens is 304 g/mol. The summed E-state index contributed by atoms with van der Waals surface area (Å²) in [5.74, 6) is 1.70. The van der Waals surface area contributed by atoms with Gasteiger partial charge in [-0.05, 0) is 36.0 Å². The van der Waals surface area contributed by atoms with Gasteiger partial charge in [0.2, 0.25) is 0 Å². The van der Waals surface area contributed by atoms with Crippen molar-refractivity contribution in [2.24, 2.45) is 11.8 Å². The largest absolute Gasteiger partial charge is 0.0843 e. The summed E-state index contributed by atoms with van der Waals surface area (Å²) in [5.41, 5.74) is 1.23. The van der Waals surface area contributed by atoms with Crippen LogP contribution >= 0.6 is 11.6 Å². The lowest BCUT2D eigenvalue weighted by Crippen LogP contribution is -2.24. The average Bonchev–Trinajstić information content (AvgIpc) is 2.44. The quantitative estimate of drug-likeness (QED) is 0.479. The molecule has 22 heavy (non-hydrogen) atoms. The van der Waals surface area contributed by atoms with Crippen LogP contribution in [0.1, 0.15) is 44.1 Å². The Hall–Kier alpha value is -0.533. The summed E-state index contributed by atoms with van der Waals surface area (Å²) < 4.78 is 0. The van der Waals surface area contributed by atoms with Gasteiger partial charge < -0.3 is 0 Å². The van der Waals surface area contributed by atoms with E-state index in [9.17, 15) is 0 Å². The third-order valence-electron chi connectivity index (χ3n) is 4.64. The van der Waals surface area contributed by atoms with E-state index in [1.54, 1.807) is 0 Å². The second kappa shape index (κ2) is 8.36. The lowest BCUT2D eigenvalue weighted by Gasteiger charge is -2.28. The van der Waals surface area contributed by atoms with Gasteiger partial charge in [0, 0.05) is 13.1 Å². The first kappa shape index (κ1) is 17.8. The molecule has 1 saturated carbocycles. The molecule has 0 radical (unpaired) electrons. The molecule has 1 aromatic carbocycles. The van der Waals surface area contributed by atoms with Gasteiger partial charge in [-0.2, -0.15) is 0 Å². The molecule has 1 aliphatic carbocycles. The van der Waals surface area contributed by atoms with Crippen LogP contribution in [0.2, 0.25) is 30.7 Å². The van der Waals surface area contributed by atoms with Gasteiger partial charge in [-0.15, -0.1) is 0 Å². The standard InChI is InChI=1S/C20H31ClSi/c1-22(2,3)16-19(14-17-8-5-4-6-9-17)13-12-18-10-7-11-20(21)15-18/h7,10-13,15,17,19H,4-6,8-9,14,16H2,1-3H3/b13-12+. The lowest BCUT2D eigenvalue weighted by atomic mass is 9.83. The molecule has 0 spiro atoms. The molecule has 1 aliphatic rings. The summed E-state index contributed by atoms with van der Waals surface area (Å²) in [7, 11) is -1.03. The van der Waals surface area contributed by atoms with Crippen LogP contribution in [0, 0.1) is 11.8 Å². The van der Waals surface area contributed by atoms with Gasteiger partial charge in [0.25, 0.3) is 0 Å². The minimum absolute atomic E-state index is 0.744. The summed E-state index contributed by atoms with van der Waals surface area (Å²) in [6.45, 7) is 7.48. The molecule has 0 bridgehead atoms. The van der Waals surface area contributed by atoms with Crippen molar-refractivity contribution < 1.29 is 0 Å². The van der Waals surface area contributed by atoms with Crippen molar-refractivity contribution in [2.45, 2.75) is 64.2 Å². The summed E-state index contributed by atoms with van der Waals surface area (Å²) >= 11 is 6.10. The van der Waals surface area contributed by atoms with E-state index in [2.05, 4.69) is 43.9 Å². The maximum atomic E-state index is 6.10. The highest BCUT2D eigenvalue weighted by molar-refractivity contribution is 6.76. The fourth-order valence-electron chi connectivity index (χ4n) is 3.72. The molecule has 1 atom stereocenters. The Morgan fingerprint density at radius 3 is 2.55 bits per heavy atom. The molecular formula is C20H31ClSi. The van der Waals surface area contributed by atoms with Gasteiger partial charge in [-0.25, -0.2) is 0 Å². The summed E-state index contributed by atoms with van der Waals surface area (Å²) in [6, 6.07) is 9.59. The number of halogens is 1. The van der Waals surface area contributed by atoms with E-state index in [-0.39, 0.29) is 0 Å². The van der Waals surface area contributed by atoms with Gasteiger partial charge >= 0.3 is 0 Å². The van der Waals surface area contributed by atoms with E-state index in [4.69, 9.17) is 11.6 Å². The normalized spacial score (nSPS) is 18.7. The highest BCUT2D eigenvalue weighted by Crippen LogP contribution is 2.33. The summed E-state index contributed by atoms with van der Waals surface area (Å²) in [5, 5.41) is 0.830. The molecule has 2 heteroatoms. The zero-order chi connectivity index (χ0) is 16.0. The van der Waals surface area contributed by atoms with Crippen LogP contribution in [0.3, 0.4) is 0 Å². The SMILES string of the molecule is C[Si](C)(C)CC(/C=C/c1cccc(Cl)c1)CC1CCCCC1. The number of benzene rings is 1. The molecule has 1 fully saturated rings. The summed E-state index contributed by atoms with van der Waals surface area (Å²) in [6.07, 6.45) is 13.4. The Bertz CT molecular complexity index is 481. The third-order valence-corrected chi connectivity index (χ3v) is 6.63. The predicted octanol–water partition coefficient (Wildman–Crippen LogP) is 7.28. The second-order valence-corrected chi connectivity index (χ2v) is 14.1. The van der Waals surface area contributed by atoms with Crippen molar-refractivity contribution in [1.29, 1.82) is 0 Å². The van der Waals surface area contributed by atoms with Crippen molar-refractivity contribution in [2.75, 3.05) is 0 Å². The smallest absolute Gasteiger partial charge is 0.0448 e. The average molecular weight is 335 g/mol. The van der Waals surface area contributed by atoms with Gasteiger partial charge in [0.05, 0.1) is 0 Å². The minimum atomic E-state index is -1.03. The molecule has 0 aromatic heterocycles. The van der Waals surface area contributed by atoms with Crippen LogP contribution in [0.5, 0.6) is 0 Å². The number of rotatable bonds is 6. The second-order valence-electron chi connectivity index (χ2n) is 8.18. The van der Waals surface area contributed by atoms with Gasteiger partial charge in [0.15, 0.2) is 0 Å². The Balaban J connectivity index is 2.02. The molecule has 0 N–H and O–H groups in total. The van der Waals surface area contributed by atoms with Gasteiger partial charge in [0.1, 0.15) is 0 Å². The fraction of sp³-hybridized carbons (Fsp3) is 0.600. The Labute approximate surface area is 143 Å². The van der Waals surface area contributed by atoms with Crippen molar-refractivity contribution in [3.05, 3.63) is 40.9 Å². The molecule has 0 aliphatic heterocycles. The molecule has 0 heterocycles. The number of allylic oxidation sites excluding steroid dienone is 1. The van der Waals surface area contributed by atoms with Crippen LogP contribution in [0.4, 0.5) is 0 Å². The summed E-state index contributed by atoms with van der Waals surface area (Å²) in [4.78, 5) is 0. The fourth-order valence-corrected chi connectivity index (χ4v) is 5.80. The molecule has 0 nitrogen and oxygen atoms in total. The van der Waals surface area contributed by atoms with E-state index in [1.165, 1.54) is 50.1 Å². The molecule has 2 rings (SSSR count). The zero-order valence-electron chi connectivity index (χ0n) is 14.4. The van der Waals surface area contributed by atoms with Crippen molar-refractivity contribution in [3.8, 4) is 0 Å². The minimum Gasteiger partial charge on any atom is -0.0843 e. The topological polar surface area (TPSA) is 0 Å². The molecule has 122 valence electrons. The monoisotopic (exact) mass is 334 g/mol. The highest BCUT2D eigenvalue weighted by atomic mass is 35.5. The van der Waals surface area contributed by atoms with E-state index < -0.39 is 8.07 Å². The van der Waals surface area contributed by atoms with Crippen LogP contribution in [0.15, 0.2) is 30.3 Å². The Morgan fingerprint density at radius 2 is 1.91 bits per heavy atom. The zero-order valence-corrected chi connectivity index (χ0v) is 16.2. The first-order chi connectivity index (χ1) is 10.4. The molecule has 0 saturated heterocycles. The van der Waals surface area contributed by atoms with Crippen LogP contribution in [0.25, 0.3) is 6.08 Å². The number of hydrogen-bond donors (Lipinski definition) is 0. The third kappa shape index (κ3) is 6.70. The molecule has 1 unspecified atom stereocenters. The first-order valence-electron chi connectivity index (χ1n) is 8.86. The number of hydrogen-bond acceptors (Lipinski definition) is 0. The van der Waals surface area contributed by atoms with E-state index in [0.29, 0.717) is 0 Å². The predicted molar refractivity (Wildman–Crippen MR) is 103 cm³/mol. The van der Waals surface area contributed by atoms with E-state index in [0.717, 1.165) is 16.9 Å². The van der Waals surface area contributed by atoms with E-state index >= 15 is 0 Å². The van der Waals surface area contributed by atoms with Crippen molar-refractivity contribution in [1.82, 2.24) is 0 Å². The molecule has 1 aromatic rings. The van der Waals surface area contributed by atoms with Crippen LogP contribution in [-0.2, 0) is 0 Å². The van der Waals surface area contributed by atoms with E-state index in [1.807, 2.05) is 12.1 Å².